The van der Waals surface area contributed by atoms with Crippen LogP contribution in [0.5, 0.6) is 11.5 Å². The number of rotatable bonds is 3. The van der Waals surface area contributed by atoms with E-state index in [2.05, 4.69) is 0 Å². The Balaban J connectivity index is 2.20. The molecule has 0 aliphatic carbocycles. The Morgan fingerprint density at radius 2 is 1.17 bits per heavy atom. The van der Waals surface area contributed by atoms with Crippen LogP contribution in [0.15, 0.2) is 48.5 Å². The van der Waals surface area contributed by atoms with E-state index in [0.29, 0.717) is 0 Å². The Bertz CT molecular complexity index is 456. The number of hydrogen-bond donors (Lipinski definition) is 3. The number of phenolic OH excluding ortho intramolecular Hbond substituents is 2. The van der Waals surface area contributed by atoms with Gasteiger partial charge in [0.25, 0.3) is 0 Å². The molecular formula is C15H17NO2. The highest BCUT2D eigenvalue weighted by molar-refractivity contribution is 5.33. The molecule has 0 saturated heterocycles. The number of phenols is 2. The van der Waals surface area contributed by atoms with Crippen LogP contribution in [0.2, 0.25) is 0 Å². The van der Waals surface area contributed by atoms with Crippen molar-refractivity contribution < 1.29 is 10.2 Å². The van der Waals surface area contributed by atoms with Crippen LogP contribution in [0, 0.1) is 0 Å². The third kappa shape index (κ3) is 2.63. The molecule has 0 aliphatic rings. The maximum Gasteiger partial charge on any atom is 0.115 e. The molecular weight excluding hydrogens is 226 g/mol. The lowest BCUT2D eigenvalue weighted by molar-refractivity contribution is 0.473. The Labute approximate surface area is 107 Å². The van der Waals surface area contributed by atoms with Crippen molar-refractivity contribution in [3.05, 3.63) is 59.7 Å². The Morgan fingerprint density at radius 1 is 0.778 bits per heavy atom. The van der Waals surface area contributed by atoms with E-state index < -0.39 is 0 Å². The first-order valence-electron chi connectivity index (χ1n) is 5.91. The van der Waals surface area contributed by atoms with E-state index in [1.165, 1.54) is 0 Å². The molecule has 2 atom stereocenters. The van der Waals surface area contributed by atoms with E-state index in [1.54, 1.807) is 24.3 Å². The van der Waals surface area contributed by atoms with Crippen molar-refractivity contribution in [1.29, 1.82) is 0 Å². The second-order valence-corrected chi connectivity index (χ2v) is 4.50. The third-order valence-electron chi connectivity index (χ3n) is 3.24. The predicted octanol–water partition coefficient (Wildman–Crippen LogP) is 2.90. The topological polar surface area (TPSA) is 66.5 Å². The minimum Gasteiger partial charge on any atom is -0.508 e. The van der Waals surface area contributed by atoms with Crippen LogP contribution < -0.4 is 5.73 Å². The highest BCUT2D eigenvalue weighted by Crippen LogP contribution is 2.30. The van der Waals surface area contributed by atoms with Gasteiger partial charge in [0.15, 0.2) is 0 Å². The highest BCUT2D eigenvalue weighted by Gasteiger charge is 2.16. The maximum atomic E-state index is 9.27. The zero-order chi connectivity index (χ0) is 13.1. The lowest BCUT2D eigenvalue weighted by atomic mass is 9.89. The second kappa shape index (κ2) is 5.10. The SMILES string of the molecule is CC(c1ccc(O)cc1)C(N)c1ccc(O)cc1. The average molecular weight is 243 g/mol. The lowest BCUT2D eigenvalue weighted by Crippen LogP contribution is -2.17. The molecule has 3 heteroatoms. The molecule has 0 amide bonds. The minimum atomic E-state index is -0.143. The van der Waals surface area contributed by atoms with E-state index in [1.807, 2.05) is 31.2 Å². The molecule has 0 fully saturated rings. The summed E-state index contributed by atoms with van der Waals surface area (Å²) in [7, 11) is 0. The molecule has 0 bridgehead atoms. The monoisotopic (exact) mass is 243 g/mol. The zero-order valence-corrected chi connectivity index (χ0v) is 10.2. The number of nitrogens with two attached hydrogens (primary N) is 1. The van der Waals surface area contributed by atoms with Gasteiger partial charge in [-0.25, -0.2) is 0 Å². The summed E-state index contributed by atoms with van der Waals surface area (Å²) in [5, 5.41) is 18.5. The summed E-state index contributed by atoms with van der Waals surface area (Å²) < 4.78 is 0. The molecule has 0 saturated carbocycles. The van der Waals surface area contributed by atoms with Gasteiger partial charge in [-0.05, 0) is 35.4 Å². The minimum absolute atomic E-state index is 0.134. The Hall–Kier alpha value is -2.00. The first kappa shape index (κ1) is 12.5. The van der Waals surface area contributed by atoms with E-state index in [9.17, 15) is 10.2 Å². The van der Waals surface area contributed by atoms with Crippen molar-refractivity contribution in [3.8, 4) is 11.5 Å². The van der Waals surface area contributed by atoms with Crippen molar-refractivity contribution in [2.75, 3.05) is 0 Å². The fourth-order valence-corrected chi connectivity index (χ4v) is 1.97. The highest BCUT2D eigenvalue weighted by atomic mass is 16.3. The van der Waals surface area contributed by atoms with E-state index in [-0.39, 0.29) is 23.5 Å². The van der Waals surface area contributed by atoms with Crippen LogP contribution >= 0.6 is 0 Å². The molecule has 2 aromatic carbocycles. The van der Waals surface area contributed by atoms with Crippen LogP contribution in [0.25, 0.3) is 0 Å². The summed E-state index contributed by atoms with van der Waals surface area (Å²) in [6, 6.07) is 13.9. The van der Waals surface area contributed by atoms with Gasteiger partial charge in [0, 0.05) is 12.0 Å². The molecule has 4 N–H and O–H groups in total. The van der Waals surface area contributed by atoms with Crippen molar-refractivity contribution >= 4 is 0 Å². The van der Waals surface area contributed by atoms with Crippen molar-refractivity contribution in [2.24, 2.45) is 5.73 Å². The molecule has 94 valence electrons. The summed E-state index contributed by atoms with van der Waals surface area (Å²) in [5.41, 5.74) is 8.27. The first-order chi connectivity index (χ1) is 8.58. The first-order valence-corrected chi connectivity index (χ1v) is 5.91. The van der Waals surface area contributed by atoms with Gasteiger partial charge in [0.1, 0.15) is 11.5 Å². The fourth-order valence-electron chi connectivity index (χ4n) is 1.97. The third-order valence-corrected chi connectivity index (χ3v) is 3.24. The van der Waals surface area contributed by atoms with Gasteiger partial charge in [-0.15, -0.1) is 0 Å². The zero-order valence-electron chi connectivity index (χ0n) is 10.2. The van der Waals surface area contributed by atoms with Gasteiger partial charge in [0.2, 0.25) is 0 Å². The molecule has 0 aliphatic heterocycles. The van der Waals surface area contributed by atoms with Gasteiger partial charge in [-0.1, -0.05) is 31.2 Å². The molecule has 0 aromatic heterocycles. The molecule has 3 nitrogen and oxygen atoms in total. The summed E-state index contributed by atoms with van der Waals surface area (Å²) in [6.07, 6.45) is 0. The molecule has 0 radical (unpaired) electrons. The summed E-state index contributed by atoms with van der Waals surface area (Å²) in [6.45, 7) is 2.05. The van der Waals surface area contributed by atoms with Crippen molar-refractivity contribution in [2.45, 2.75) is 18.9 Å². The van der Waals surface area contributed by atoms with Crippen LogP contribution in [-0.4, -0.2) is 10.2 Å². The van der Waals surface area contributed by atoms with E-state index >= 15 is 0 Å². The normalized spacial score (nSPS) is 14.1. The predicted molar refractivity (Wildman–Crippen MR) is 71.6 cm³/mol. The molecule has 18 heavy (non-hydrogen) atoms. The molecule has 0 spiro atoms. The van der Waals surface area contributed by atoms with E-state index in [0.717, 1.165) is 11.1 Å². The molecule has 2 aromatic rings. The maximum absolute atomic E-state index is 9.27. The standard InChI is InChI=1S/C15H17NO2/c1-10(11-2-6-13(17)7-3-11)15(16)12-4-8-14(18)9-5-12/h2-10,15,17-18H,16H2,1H3. The fraction of sp³-hybridized carbons (Fsp3) is 0.200. The van der Waals surface area contributed by atoms with Crippen molar-refractivity contribution in [3.63, 3.8) is 0 Å². The molecule has 2 unspecified atom stereocenters. The Kier molecular flexibility index (Phi) is 3.53. The van der Waals surface area contributed by atoms with Crippen LogP contribution in [-0.2, 0) is 0 Å². The largest absolute Gasteiger partial charge is 0.508 e. The van der Waals surface area contributed by atoms with Crippen molar-refractivity contribution in [1.82, 2.24) is 0 Å². The number of aromatic hydroxyl groups is 2. The van der Waals surface area contributed by atoms with Gasteiger partial charge in [-0.3, -0.25) is 0 Å². The quantitative estimate of drug-likeness (QED) is 0.776. The van der Waals surface area contributed by atoms with E-state index in [4.69, 9.17) is 5.73 Å². The summed E-state index contributed by atoms with van der Waals surface area (Å²) >= 11 is 0. The molecule has 0 heterocycles. The lowest BCUT2D eigenvalue weighted by Gasteiger charge is -2.21. The number of benzene rings is 2. The summed E-state index contributed by atoms with van der Waals surface area (Å²) in [4.78, 5) is 0. The average Bonchev–Trinajstić information content (AvgIpc) is 2.39. The second-order valence-electron chi connectivity index (χ2n) is 4.50. The van der Waals surface area contributed by atoms with Crippen LogP contribution in [0.1, 0.15) is 30.0 Å². The van der Waals surface area contributed by atoms with Gasteiger partial charge < -0.3 is 15.9 Å². The van der Waals surface area contributed by atoms with Gasteiger partial charge in [0.05, 0.1) is 0 Å². The smallest absolute Gasteiger partial charge is 0.115 e. The van der Waals surface area contributed by atoms with Crippen LogP contribution in [0.4, 0.5) is 0 Å². The number of hydrogen-bond acceptors (Lipinski definition) is 3. The summed E-state index contributed by atoms with van der Waals surface area (Å²) in [5.74, 6) is 0.627. The molecule has 2 rings (SSSR count). The van der Waals surface area contributed by atoms with Gasteiger partial charge >= 0.3 is 0 Å². The van der Waals surface area contributed by atoms with Gasteiger partial charge in [-0.2, -0.15) is 0 Å². The van der Waals surface area contributed by atoms with Crippen LogP contribution in [0.3, 0.4) is 0 Å². The Morgan fingerprint density at radius 3 is 1.61 bits per heavy atom.